The summed E-state index contributed by atoms with van der Waals surface area (Å²) in [6.07, 6.45) is 0.00347. The molecule has 0 aliphatic heterocycles. The molecule has 0 aliphatic carbocycles. The van der Waals surface area contributed by atoms with Crippen LogP contribution in [0.2, 0.25) is 0 Å². The zero-order valence-electron chi connectivity index (χ0n) is 16.8. The summed E-state index contributed by atoms with van der Waals surface area (Å²) in [6.45, 7) is 3.82. The molecule has 8 nitrogen and oxygen atoms in total. The Balaban J connectivity index is 2.11. The Morgan fingerprint density at radius 3 is 1.83 bits per heavy atom. The number of carbonyl (C=O) groups excluding carboxylic acids is 2. The molecule has 2 N–H and O–H groups in total. The van der Waals surface area contributed by atoms with Crippen molar-refractivity contribution in [1.29, 1.82) is 0 Å². The number of ether oxygens (including phenoxy) is 4. The molecule has 2 amide bonds. The molecule has 2 aromatic rings. The predicted molar refractivity (Wildman–Crippen MR) is 111 cm³/mol. The van der Waals surface area contributed by atoms with Crippen molar-refractivity contribution in [2.75, 3.05) is 21.3 Å². The van der Waals surface area contributed by atoms with Crippen LogP contribution in [-0.2, 0) is 0 Å². The smallest absolute Gasteiger partial charge is 0.269 e. The number of amides is 2. The first kappa shape index (κ1) is 22.4. The molecule has 0 bridgehead atoms. The summed E-state index contributed by atoms with van der Waals surface area (Å²) in [6, 6.07) is 7.86. The van der Waals surface area contributed by atoms with Crippen LogP contribution in [0.3, 0.4) is 0 Å². The molecule has 0 spiro atoms. The zero-order valence-corrected chi connectivity index (χ0v) is 18.4. The van der Waals surface area contributed by atoms with E-state index in [-0.39, 0.29) is 11.7 Å². The molecule has 0 aromatic heterocycles. The molecule has 2 aromatic carbocycles. The second-order valence-corrected chi connectivity index (χ2v) is 6.99. The number of hydrogen-bond donors (Lipinski definition) is 2. The highest BCUT2D eigenvalue weighted by Crippen LogP contribution is 2.38. The molecular weight excluding hydrogens is 444 g/mol. The van der Waals surface area contributed by atoms with Gasteiger partial charge in [0.15, 0.2) is 11.5 Å². The molecule has 0 radical (unpaired) electrons. The third kappa shape index (κ3) is 5.54. The second-order valence-electron chi connectivity index (χ2n) is 6.13. The minimum absolute atomic E-state index is 0.00347. The molecule has 29 heavy (non-hydrogen) atoms. The van der Waals surface area contributed by atoms with Crippen LogP contribution in [-0.4, -0.2) is 39.2 Å². The number of benzene rings is 2. The van der Waals surface area contributed by atoms with Gasteiger partial charge in [-0.05, 0) is 60.1 Å². The van der Waals surface area contributed by atoms with Gasteiger partial charge in [0.1, 0.15) is 5.75 Å². The Kier molecular flexibility index (Phi) is 7.72. The van der Waals surface area contributed by atoms with Gasteiger partial charge < -0.3 is 18.9 Å². The lowest BCUT2D eigenvalue weighted by Gasteiger charge is -2.14. The van der Waals surface area contributed by atoms with Crippen molar-refractivity contribution in [3.63, 3.8) is 0 Å². The quantitative estimate of drug-likeness (QED) is 0.607. The third-order valence-electron chi connectivity index (χ3n) is 3.77. The first-order valence-corrected chi connectivity index (χ1v) is 9.46. The lowest BCUT2D eigenvalue weighted by molar-refractivity contribution is 0.0846. The normalized spacial score (nSPS) is 10.3. The number of methoxy groups -OCH3 is 3. The van der Waals surface area contributed by atoms with Crippen molar-refractivity contribution in [2.45, 2.75) is 20.0 Å². The molecule has 0 atom stereocenters. The predicted octanol–water partition coefficient (Wildman–Crippen LogP) is 3.34. The minimum Gasteiger partial charge on any atom is -0.493 e. The summed E-state index contributed by atoms with van der Waals surface area (Å²) in [4.78, 5) is 24.8. The van der Waals surface area contributed by atoms with Gasteiger partial charge >= 0.3 is 0 Å². The van der Waals surface area contributed by atoms with Gasteiger partial charge in [-0.2, -0.15) is 0 Å². The minimum atomic E-state index is -0.545. The molecule has 9 heteroatoms. The molecule has 0 unspecified atom stereocenters. The van der Waals surface area contributed by atoms with E-state index in [1.54, 1.807) is 18.2 Å². The summed E-state index contributed by atoms with van der Waals surface area (Å²) in [5, 5.41) is 0. The summed E-state index contributed by atoms with van der Waals surface area (Å²) in [5.41, 5.74) is 5.31. The molecule has 0 heterocycles. The van der Waals surface area contributed by atoms with E-state index in [1.165, 1.54) is 33.5 Å². The number of hydrazine groups is 1. The van der Waals surface area contributed by atoms with Crippen molar-refractivity contribution < 1.29 is 28.5 Å². The fourth-order valence-corrected chi connectivity index (χ4v) is 2.93. The first-order chi connectivity index (χ1) is 13.8. The molecule has 0 aliphatic rings. The standard InChI is InChI=1S/C20H23BrN2O6/c1-11(2)29-15-7-6-12(8-14(15)21)19(24)22-23-20(25)13-9-16(26-3)18(28-5)17(10-13)27-4/h6-11H,1-5H3,(H,22,24)(H,23,25). The monoisotopic (exact) mass is 466 g/mol. The van der Waals surface area contributed by atoms with Crippen molar-refractivity contribution in [3.8, 4) is 23.0 Å². The van der Waals surface area contributed by atoms with Crippen LogP contribution in [0.4, 0.5) is 0 Å². The SMILES string of the molecule is COc1cc(C(=O)NNC(=O)c2ccc(OC(C)C)c(Br)c2)cc(OC)c1OC. The van der Waals surface area contributed by atoms with Crippen LogP contribution in [0.25, 0.3) is 0 Å². The van der Waals surface area contributed by atoms with Crippen LogP contribution in [0.5, 0.6) is 23.0 Å². The molecular formula is C20H23BrN2O6. The van der Waals surface area contributed by atoms with Gasteiger partial charge in [0, 0.05) is 11.1 Å². The summed E-state index contributed by atoms with van der Waals surface area (Å²) in [7, 11) is 4.37. The fourth-order valence-electron chi connectivity index (χ4n) is 2.46. The molecule has 0 fully saturated rings. The molecule has 0 saturated carbocycles. The van der Waals surface area contributed by atoms with Gasteiger partial charge in [-0.15, -0.1) is 0 Å². The molecule has 156 valence electrons. The topological polar surface area (TPSA) is 95.1 Å². The Labute approximate surface area is 177 Å². The van der Waals surface area contributed by atoms with Crippen molar-refractivity contribution in [2.24, 2.45) is 0 Å². The number of rotatable bonds is 7. The second kappa shape index (κ2) is 10.0. The summed E-state index contributed by atoms with van der Waals surface area (Å²) < 4.78 is 21.9. The fraction of sp³-hybridized carbons (Fsp3) is 0.300. The number of nitrogens with one attached hydrogen (secondary N) is 2. The van der Waals surface area contributed by atoms with E-state index >= 15 is 0 Å². The van der Waals surface area contributed by atoms with E-state index in [0.29, 0.717) is 33.0 Å². The maximum absolute atomic E-state index is 12.5. The molecule has 2 rings (SSSR count). The van der Waals surface area contributed by atoms with Crippen molar-refractivity contribution >= 4 is 27.7 Å². The Morgan fingerprint density at radius 1 is 0.828 bits per heavy atom. The van der Waals surface area contributed by atoms with E-state index < -0.39 is 11.8 Å². The highest BCUT2D eigenvalue weighted by molar-refractivity contribution is 9.10. The van der Waals surface area contributed by atoms with E-state index in [9.17, 15) is 9.59 Å². The average molecular weight is 467 g/mol. The van der Waals surface area contributed by atoms with Gasteiger partial charge in [-0.1, -0.05) is 0 Å². The number of hydrogen-bond acceptors (Lipinski definition) is 6. The van der Waals surface area contributed by atoms with Gasteiger partial charge in [0.2, 0.25) is 5.75 Å². The largest absolute Gasteiger partial charge is 0.493 e. The number of halogens is 1. The van der Waals surface area contributed by atoms with Gasteiger partial charge in [-0.25, -0.2) is 0 Å². The van der Waals surface area contributed by atoms with E-state index in [2.05, 4.69) is 26.8 Å². The van der Waals surface area contributed by atoms with Crippen LogP contribution in [0.15, 0.2) is 34.8 Å². The van der Waals surface area contributed by atoms with E-state index in [4.69, 9.17) is 18.9 Å². The maximum atomic E-state index is 12.5. The van der Waals surface area contributed by atoms with Crippen LogP contribution in [0.1, 0.15) is 34.6 Å². The Bertz CT molecular complexity index is 876. The van der Waals surface area contributed by atoms with Gasteiger partial charge in [0.05, 0.1) is 31.9 Å². The van der Waals surface area contributed by atoms with Crippen LogP contribution >= 0.6 is 15.9 Å². The van der Waals surface area contributed by atoms with Crippen LogP contribution < -0.4 is 29.8 Å². The lowest BCUT2D eigenvalue weighted by Crippen LogP contribution is -2.41. The first-order valence-electron chi connectivity index (χ1n) is 8.67. The van der Waals surface area contributed by atoms with Crippen molar-refractivity contribution in [3.05, 3.63) is 45.9 Å². The average Bonchev–Trinajstić information content (AvgIpc) is 2.71. The number of carbonyl (C=O) groups is 2. The summed E-state index contributed by atoms with van der Waals surface area (Å²) >= 11 is 3.37. The highest BCUT2D eigenvalue weighted by atomic mass is 79.9. The lowest BCUT2D eigenvalue weighted by atomic mass is 10.1. The van der Waals surface area contributed by atoms with Crippen molar-refractivity contribution in [1.82, 2.24) is 10.9 Å². The Morgan fingerprint density at radius 2 is 1.38 bits per heavy atom. The van der Waals surface area contributed by atoms with E-state index in [0.717, 1.165) is 0 Å². The van der Waals surface area contributed by atoms with Crippen LogP contribution in [0, 0.1) is 0 Å². The third-order valence-corrected chi connectivity index (χ3v) is 4.39. The highest BCUT2D eigenvalue weighted by Gasteiger charge is 2.18. The van der Waals surface area contributed by atoms with Gasteiger partial charge in [0.25, 0.3) is 11.8 Å². The Hall–Kier alpha value is -2.94. The summed E-state index contributed by atoms with van der Waals surface area (Å²) in [5.74, 6) is 0.613. The molecule has 0 saturated heterocycles. The van der Waals surface area contributed by atoms with Gasteiger partial charge in [-0.3, -0.25) is 20.4 Å². The van der Waals surface area contributed by atoms with E-state index in [1.807, 2.05) is 13.8 Å². The zero-order chi connectivity index (χ0) is 21.6. The maximum Gasteiger partial charge on any atom is 0.269 e.